The number of nitriles is 1. The molecule has 8 heteroatoms. The highest BCUT2D eigenvalue weighted by atomic mass is 19.3. The van der Waals surface area contributed by atoms with E-state index in [2.05, 4.69) is 14.7 Å². The number of ether oxygens (including phenoxy) is 1. The van der Waals surface area contributed by atoms with Gasteiger partial charge in [-0.05, 0) is 19.1 Å². The normalized spacial score (nSPS) is 10.4. The number of oxazole rings is 1. The second-order valence-electron chi connectivity index (χ2n) is 3.80. The molecule has 21 heavy (non-hydrogen) atoms. The highest BCUT2D eigenvalue weighted by Gasteiger charge is 2.28. The fourth-order valence-electron chi connectivity index (χ4n) is 1.52. The Hall–Kier alpha value is -2.82. The minimum Gasteiger partial charge on any atom is -0.460 e. The van der Waals surface area contributed by atoms with Gasteiger partial charge in [-0.25, -0.2) is 23.5 Å². The van der Waals surface area contributed by atoms with E-state index in [0.29, 0.717) is 5.56 Å². The Bertz CT molecular complexity index is 690. The topological polar surface area (TPSA) is 89.0 Å². The molecule has 0 radical (unpaired) electrons. The van der Waals surface area contributed by atoms with Crippen LogP contribution < -0.4 is 0 Å². The Morgan fingerprint density at radius 1 is 1.52 bits per heavy atom. The van der Waals surface area contributed by atoms with Gasteiger partial charge in [-0.1, -0.05) is 0 Å². The van der Waals surface area contributed by atoms with Crippen molar-refractivity contribution < 1.29 is 22.7 Å². The quantitative estimate of drug-likeness (QED) is 0.805. The number of carbonyl (C=O) groups excluding carboxylic acids is 1. The summed E-state index contributed by atoms with van der Waals surface area (Å²) in [5.74, 6) is -1.90. The number of hydrogen-bond acceptors (Lipinski definition) is 6. The molecule has 6 nitrogen and oxygen atoms in total. The summed E-state index contributed by atoms with van der Waals surface area (Å²) in [6.45, 7) is 1.56. The summed E-state index contributed by atoms with van der Waals surface area (Å²) in [6, 6.07) is 4.68. The molecule has 0 aliphatic heterocycles. The smallest absolute Gasteiger partial charge is 0.376 e. The number of halogens is 2. The predicted octanol–water partition coefficient (Wildman–Crippen LogP) is 2.72. The Kier molecular flexibility index (Phi) is 4.23. The van der Waals surface area contributed by atoms with Crippen molar-refractivity contribution in [2.24, 2.45) is 0 Å². The molecule has 0 fully saturated rings. The summed E-state index contributed by atoms with van der Waals surface area (Å²) < 4.78 is 35.4. The third-order valence-electron chi connectivity index (χ3n) is 2.43. The average molecular weight is 293 g/mol. The lowest BCUT2D eigenvalue weighted by Gasteiger charge is -1.99. The van der Waals surface area contributed by atoms with Crippen LogP contribution in [0.25, 0.3) is 11.6 Å². The number of esters is 1. The van der Waals surface area contributed by atoms with E-state index in [1.807, 2.05) is 6.07 Å². The maximum Gasteiger partial charge on any atom is 0.376 e. The van der Waals surface area contributed by atoms with Crippen molar-refractivity contribution >= 4 is 5.97 Å². The lowest BCUT2D eigenvalue weighted by Crippen LogP contribution is -2.06. The van der Waals surface area contributed by atoms with Gasteiger partial charge in [-0.2, -0.15) is 5.26 Å². The zero-order valence-corrected chi connectivity index (χ0v) is 10.8. The third kappa shape index (κ3) is 3.02. The van der Waals surface area contributed by atoms with Gasteiger partial charge in [-0.15, -0.1) is 0 Å². The van der Waals surface area contributed by atoms with Crippen molar-refractivity contribution in [1.29, 1.82) is 5.26 Å². The maximum absolute atomic E-state index is 12.9. The first-order chi connectivity index (χ1) is 10.1. The SMILES string of the molecule is CCOC(=O)c1oc(-c2ccc(C#N)cn2)nc1C(F)F. The Balaban J connectivity index is 2.43. The van der Waals surface area contributed by atoms with Gasteiger partial charge in [0.25, 0.3) is 6.43 Å². The first-order valence-electron chi connectivity index (χ1n) is 5.89. The summed E-state index contributed by atoms with van der Waals surface area (Å²) in [5.41, 5.74) is -0.369. The summed E-state index contributed by atoms with van der Waals surface area (Å²) in [5, 5.41) is 8.66. The van der Waals surface area contributed by atoms with Crippen LogP contribution in [0.15, 0.2) is 22.7 Å². The van der Waals surface area contributed by atoms with E-state index in [1.54, 1.807) is 6.92 Å². The molecule has 0 bridgehead atoms. The third-order valence-corrected chi connectivity index (χ3v) is 2.43. The van der Waals surface area contributed by atoms with Crippen LogP contribution in [0.2, 0.25) is 0 Å². The van der Waals surface area contributed by atoms with Crippen LogP contribution in [0, 0.1) is 11.3 Å². The number of aromatic nitrogens is 2. The van der Waals surface area contributed by atoms with E-state index in [0.717, 1.165) is 0 Å². The molecule has 0 aliphatic carbocycles. The van der Waals surface area contributed by atoms with Gasteiger partial charge in [-0.3, -0.25) is 0 Å². The number of pyridine rings is 1. The molecule has 0 saturated heterocycles. The number of nitrogens with zero attached hydrogens (tertiary/aromatic N) is 3. The van der Waals surface area contributed by atoms with Crippen LogP contribution in [0.4, 0.5) is 8.78 Å². The summed E-state index contributed by atoms with van der Waals surface area (Å²) in [7, 11) is 0. The summed E-state index contributed by atoms with van der Waals surface area (Å²) >= 11 is 0. The van der Waals surface area contributed by atoms with E-state index in [4.69, 9.17) is 9.68 Å². The van der Waals surface area contributed by atoms with Gasteiger partial charge >= 0.3 is 5.97 Å². The maximum atomic E-state index is 12.9. The number of carbonyl (C=O) groups is 1. The Labute approximate surface area is 118 Å². The Morgan fingerprint density at radius 2 is 2.29 bits per heavy atom. The zero-order valence-electron chi connectivity index (χ0n) is 10.8. The molecule has 2 aromatic heterocycles. The lowest BCUT2D eigenvalue weighted by atomic mass is 10.3. The van der Waals surface area contributed by atoms with E-state index in [1.165, 1.54) is 18.3 Å². The van der Waals surface area contributed by atoms with E-state index in [9.17, 15) is 13.6 Å². The molecule has 0 unspecified atom stereocenters. The van der Waals surface area contributed by atoms with Gasteiger partial charge in [0.1, 0.15) is 11.8 Å². The molecule has 108 valence electrons. The molecule has 0 aromatic carbocycles. The lowest BCUT2D eigenvalue weighted by molar-refractivity contribution is 0.0476. The van der Waals surface area contributed by atoms with Gasteiger partial charge in [0.05, 0.1) is 12.2 Å². The minimum absolute atomic E-state index is 0.0205. The monoisotopic (exact) mass is 293 g/mol. The van der Waals surface area contributed by atoms with Crippen LogP contribution >= 0.6 is 0 Å². The number of rotatable bonds is 4. The molecule has 2 heterocycles. The van der Waals surface area contributed by atoms with Crippen molar-refractivity contribution in [2.75, 3.05) is 6.61 Å². The molecular weight excluding hydrogens is 284 g/mol. The van der Waals surface area contributed by atoms with Gasteiger partial charge in [0.2, 0.25) is 11.7 Å². The highest BCUT2D eigenvalue weighted by molar-refractivity contribution is 5.88. The predicted molar refractivity (Wildman–Crippen MR) is 65.4 cm³/mol. The zero-order chi connectivity index (χ0) is 15.4. The van der Waals surface area contributed by atoms with Crippen molar-refractivity contribution in [3.05, 3.63) is 35.3 Å². The average Bonchev–Trinajstić information content (AvgIpc) is 2.93. The molecule has 0 spiro atoms. The van der Waals surface area contributed by atoms with Gasteiger partial charge in [0.15, 0.2) is 5.69 Å². The Morgan fingerprint density at radius 3 is 2.81 bits per heavy atom. The molecule has 0 amide bonds. The van der Waals surface area contributed by atoms with E-state index in [-0.39, 0.29) is 18.2 Å². The van der Waals surface area contributed by atoms with E-state index >= 15 is 0 Å². The van der Waals surface area contributed by atoms with Gasteiger partial charge in [0, 0.05) is 6.20 Å². The molecule has 2 rings (SSSR count). The standard InChI is InChI=1S/C13H9F2N3O3/c1-2-20-13(19)10-9(11(14)15)18-12(21-10)8-4-3-7(5-16)6-17-8/h3-4,6,11H,2H2,1H3. The molecule has 2 aromatic rings. The fraction of sp³-hybridized carbons (Fsp3) is 0.231. The molecule has 0 N–H and O–H groups in total. The largest absolute Gasteiger partial charge is 0.460 e. The van der Waals surface area contributed by atoms with Gasteiger partial charge < -0.3 is 9.15 Å². The van der Waals surface area contributed by atoms with Crippen LogP contribution in [0.3, 0.4) is 0 Å². The molecular formula is C13H9F2N3O3. The first-order valence-corrected chi connectivity index (χ1v) is 5.89. The van der Waals surface area contributed by atoms with Crippen LogP contribution in [-0.2, 0) is 4.74 Å². The fourth-order valence-corrected chi connectivity index (χ4v) is 1.52. The first kappa shape index (κ1) is 14.6. The van der Waals surface area contributed by atoms with Crippen LogP contribution in [-0.4, -0.2) is 22.5 Å². The number of alkyl halides is 2. The highest BCUT2D eigenvalue weighted by Crippen LogP contribution is 2.28. The van der Waals surface area contributed by atoms with E-state index < -0.39 is 23.8 Å². The minimum atomic E-state index is -2.99. The van der Waals surface area contributed by atoms with Crippen LogP contribution in [0.5, 0.6) is 0 Å². The second-order valence-corrected chi connectivity index (χ2v) is 3.80. The molecule has 0 atom stereocenters. The summed E-state index contributed by atoms with van der Waals surface area (Å²) in [4.78, 5) is 19.0. The van der Waals surface area contributed by atoms with Crippen molar-refractivity contribution in [3.8, 4) is 17.7 Å². The van der Waals surface area contributed by atoms with Crippen molar-refractivity contribution in [2.45, 2.75) is 13.3 Å². The van der Waals surface area contributed by atoms with Crippen LogP contribution in [0.1, 0.15) is 35.2 Å². The van der Waals surface area contributed by atoms with Crippen molar-refractivity contribution in [1.82, 2.24) is 9.97 Å². The summed E-state index contributed by atoms with van der Waals surface area (Å²) in [6.07, 6.45) is -1.74. The molecule has 0 saturated carbocycles. The second kappa shape index (κ2) is 6.09. The van der Waals surface area contributed by atoms with Crippen molar-refractivity contribution in [3.63, 3.8) is 0 Å². The number of hydrogen-bond donors (Lipinski definition) is 0. The molecule has 0 aliphatic rings.